The van der Waals surface area contributed by atoms with E-state index < -0.39 is 0 Å². The summed E-state index contributed by atoms with van der Waals surface area (Å²) >= 11 is 0. The molecule has 4 heteroatoms. The van der Waals surface area contributed by atoms with E-state index in [1.54, 1.807) is 13.3 Å². The van der Waals surface area contributed by atoms with Crippen LogP contribution in [0.25, 0.3) is 10.8 Å². The third-order valence-electron chi connectivity index (χ3n) is 2.66. The zero-order valence-corrected chi connectivity index (χ0v) is 9.94. The van der Waals surface area contributed by atoms with Gasteiger partial charge in [0, 0.05) is 42.9 Å². The Labute approximate surface area is 101 Å². The summed E-state index contributed by atoms with van der Waals surface area (Å²) in [5.41, 5.74) is 6.71. The molecule has 1 aromatic heterocycles. The molecule has 1 aromatic carbocycles. The maximum Gasteiger partial charge on any atom is 0.133 e. The molecule has 3 N–H and O–H groups in total. The van der Waals surface area contributed by atoms with Crippen LogP contribution in [0.2, 0.25) is 0 Å². The molecule has 0 aliphatic heterocycles. The fraction of sp³-hybridized carbons (Fsp3) is 0.308. The van der Waals surface area contributed by atoms with Crippen molar-refractivity contribution in [1.29, 1.82) is 0 Å². The lowest BCUT2D eigenvalue weighted by Gasteiger charge is -2.09. The number of hydrogen-bond acceptors (Lipinski definition) is 4. The largest absolute Gasteiger partial charge is 0.398 e. The van der Waals surface area contributed by atoms with Crippen LogP contribution in [-0.2, 0) is 4.74 Å². The van der Waals surface area contributed by atoms with E-state index in [2.05, 4.69) is 10.3 Å². The fourth-order valence-electron chi connectivity index (χ4n) is 1.80. The maximum absolute atomic E-state index is 5.93. The van der Waals surface area contributed by atoms with E-state index in [0.29, 0.717) is 0 Å². The summed E-state index contributed by atoms with van der Waals surface area (Å²) in [7, 11) is 1.71. The summed E-state index contributed by atoms with van der Waals surface area (Å²) in [5.74, 6) is 0.880. The SMILES string of the molecule is COCCCNc1nccc2c(N)cccc12. The second kappa shape index (κ2) is 5.50. The normalized spacial score (nSPS) is 10.6. The molecule has 0 fully saturated rings. The van der Waals surface area contributed by atoms with Crippen molar-refractivity contribution < 1.29 is 4.74 Å². The first-order valence-corrected chi connectivity index (χ1v) is 5.69. The number of aromatic nitrogens is 1. The van der Waals surface area contributed by atoms with Crippen molar-refractivity contribution in [1.82, 2.24) is 4.98 Å². The van der Waals surface area contributed by atoms with Crippen molar-refractivity contribution in [2.24, 2.45) is 0 Å². The van der Waals surface area contributed by atoms with E-state index in [1.165, 1.54) is 0 Å². The van der Waals surface area contributed by atoms with Gasteiger partial charge in [-0.15, -0.1) is 0 Å². The number of nitrogens with one attached hydrogen (secondary N) is 1. The summed E-state index contributed by atoms with van der Waals surface area (Å²) in [4.78, 5) is 4.34. The third-order valence-corrected chi connectivity index (χ3v) is 2.66. The van der Waals surface area contributed by atoms with Gasteiger partial charge in [-0.2, -0.15) is 0 Å². The van der Waals surface area contributed by atoms with E-state index in [4.69, 9.17) is 10.5 Å². The maximum atomic E-state index is 5.93. The van der Waals surface area contributed by atoms with E-state index in [9.17, 15) is 0 Å². The second-order valence-electron chi connectivity index (χ2n) is 3.88. The molecule has 0 saturated heterocycles. The molecule has 0 unspecified atom stereocenters. The molecule has 0 aliphatic rings. The molecule has 0 bridgehead atoms. The molecule has 4 nitrogen and oxygen atoms in total. The number of rotatable bonds is 5. The minimum atomic E-state index is 0.750. The standard InChI is InChI=1S/C13H17N3O/c1-17-9-3-7-15-13-11-4-2-5-12(14)10(11)6-8-16-13/h2,4-6,8H,3,7,9,14H2,1H3,(H,15,16). The number of hydrogen-bond donors (Lipinski definition) is 2. The Morgan fingerprint density at radius 1 is 1.29 bits per heavy atom. The number of nitrogen functional groups attached to an aromatic ring is 1. The molecule has 90 valence electrons. The molecular weight excluding hydrogens is 214 g/mol. The van der Waals surface area contributed by atoms with Crippen LogP contribution in [0, 0.1) is 0 Å². The van der Waals surface area contributed by atoms with Crippen molar-refractivity contribution in [3.63, 3.8) is 0 Å². The first-order valence-electron chi connectivity index (χ1n) is 5.69. The molecule has 0 amide bonds. The number of anilines is 2. The lowest BCUT2D eigenvalue weighted by molar-refractivity contribution is 0.198. The summed E-state index contributed by atoms with van der Waals surface area (Å²) < 4.78 is 5.01. The van der Waals surface area contributed by atoms with Crippen molar-refractivity contribution in [3.8, 4) is 0 Å². The third kappa shape index (κ3) is 2.65. The molecule has 0 aliphatic carbocycles. The van der Waals surface area contributed by atoms with Crippen LogP contribution in [0.15, 0.2) is 30.5 Å². The Balaban J connectivity index is 2.19. The van der Waals surface area contributed by atoms with Gasteiger partial charge in [0.1, 0.15) is 5.82 Å². The molecule has 0 spiro atoms. The van der Waals surface area contributed by atoms with Crippen LogP contribution in [0.5, 0.6) is 0 Å². The molecular formula is C13H17N3O. The highest BCUT2D eigenvalue weighted by molar-refractivity contribution is 5.99. The summed E-state index contributed by atoms with van der Waals surface area (Å²) in [6, 6.07) is 7.80. The monoisotopic (exact) mass is 231 g/mol. The number of methoxy groups -OCH3 is 1. The fourth-order valence-corrected chi connectivity index (χ4v) is 1.80. The Bertz CT molecular complexity index is 499. The van der Waals surface area contributed by atoms with Crippen molar-refractivity contribution in [2.45, 2.75) is 6.42 Å². The van der Waals surface area contributed by atoms with Crippen molar-refractivity contribution in [3.05, 3.63) is 30.5 Å². The minimum Gasteiger partial charge on any atom is -0.398 e. The van der Waals surface area contributed by atoms with Gasteiger partial charge in [-0.25, -0.2) is 4.98 Å². The van der Waals surface area contributed by atoms with Gasteiger partial charge < -0.3 is 15.8 Å². The highest BCUT2D eigenvalue weighted by Crippen LogP contribution is 2.25. The first-order chi connectivity index (χ1) is 8.33. The highest BCUT2D eigenvalue weighted by Gasteiger charge is 2.03. The Kier molecular flexibility index (Phi) is 3.77. The number of benzene rings is 1. The zero-order valence-electron chi connectivity index (χ0n) is 9.94. The zero-order chi connectivity index (χ0) is 12.1. The van der Waals surface area contributed by atoms with Crippen LogP contribution in [-0.4, -0.2) is 25.2 Å². The van der Waals surface area contributed by atoms with Gasteiger partial charge in [-0.05, 0) is 18.6 Å². The van der Waals surface area contributed by atoms with Gasteiger partial charge in [0.15, 0.2) is 0 Å². The van der Waals surface area contributed by atoms with E-state index >= 15 is 0 Å². The molecule has 0 atom stereocenters. The van der Waals surface area contributed by atoms with Gasteiger partial charge in [0.05, 0.1) is 0 Å². The summed E-state index contributed by atoms with van der Waals surface area (Å²) in [5, 5.41) is 5.40. The average molecular weight is 231 g/mol. The molecule has 0 saturated carbocycles. The lowest BCUT2D eigenvalue weighted by atomic mass is 10.1. The van der Waals surface area contributed by atoms with E-state index in [0.717, 1.165) is 41.9 Å². The first kappa shape index (κ1) is 11.7. The number of nitrogens with zero attached hydrogens (tertiary/aromatic N) is 1. The van der Waals surface area contributed by atoms with Crippen molar-refractivity contribution >= 4 is 22.3 Å². The minimum absolute atomic E-state index is 0.750. The van der Waals surface area contributed by atoms with E-state index in [-0.39, 0.29) is 0 Å². The Hall–Kier alpha value is -1.81. The summed E-state index contributed by atoms with van der Waals surface area (Å²) in [6.07, 6.45) is 2.73. The number of fused-ring (bicyclic) bond motifs is 1. The second-order valence-corrected chi connectivity index (χ2v) is 3.88. The molecule has 17 heavy (non-hydrogen) atoms. The number of ether oxygens (including phenoxy) is 1. The quantitative estimate of drug-likeness (QED) is 0.612. The van der Waals surface area contributed by atoms with E-state index in [1.807, 2.05) is 24.3 Å². The summed E-state index contributed by atoms with van der Waals surface area (Å²) in [6.45, 7) is 1.59. The van der Waals surface area contributed by atoms with Crippen LogP contribution in [0.1, 0.15) is 6.42 Å². The predicted molar refractivity (Wildman–Crippen MR) is 71.1 cm³/mol. The van der Waals surface area contributed by atoms with Crippen molar-refractivity contribution in [2.75, 3.05) is 31.3 Å². The average Bonchev–Trinajstić information content (AvgIpc) is 2.36. The van der Waals surface area contributed by atoms with Gasteiger partial charge in [-0.1, -0.05) is 12.1 Å². The van der Waals surface area contributed by atoms with Gasteiger partial charge in [0.25, 0.3) is 0 Å². The van der Waals surface area contributed by atoms with Gasteiger partial charge in [-0.3, -0.25) is 0 Å². The van der Waals surface area contributed by atoms with Gasteiger partial charge >= 0.3 is 0 Å². The molecule has 2 rings (SSSR count). The smallest absolute Gasteiger partial charge is 0.133 e. The molecule has 0 radical (unpaired) electrons. The Morgan fingerprint density at radius 2 is 2.18 bits per heavy atom. The lowest BCUT2D eigenvalue weighted by Crippen LogP contribution is -2.06. The predicted octanol–water partition coefficient (Wildman–Crippen LogP) is 2.27. The van der Waals surface area contributed by atoms with Crippen LogP contribution >= 0.6 is 0 Å². The van der Waals surface area contributed by atoms with Crippen LogP contribution < -0.4 is 11.1 Å². The van der Waals surface area contributed by atoms with Gasteiger partial charge in [0.2, 0.25) is 0 Å². The molecule has 2 aromatic rings. The number of nitrogens with two attached hydrogens (primary N) is 1. The topological polar surface area (TPSA) is 60.2 Å². The Morgan fingerprint density at radius 3 is 3.00 bits per heavy atom. The molecule has 1 heterocycles. The highest BCUT2D eigenvalue weighted by atomic mass is 16.5. The van der Waals surface area contributed by atoms with Crippen LogP contribution in [0.3, 0.4) is 0 Å². The van der Waals surface area contributed by atoms with Crippen LogP contribution in [0.4, 0.5) is 11.5 Å². The number of pyridine rings is 1.